The topological polar surface area (TPSA) is 89.9 Å². The van der Waals surface area contributed by atoms with Crippen LogP contribution in [0, 0.1) is 6.92 Å². The third-order valence-electron chi connectivity index (χ3n) is 2.45. The molecule has 0 bridgehead atoms. The molecule has 1 atom stereocenters. The van der Waals surface area contributed by atoms with Gasteiger partial charge in [0, 0.05) is 6.42 Å². The maximum absolute atomic E-state index is 11.8. The van der Waals surface area contributed by atoms with E-state index < -0.39 is 28.8 Å². The van der Waals surface area contributed by atoms with Gasteiger partial charge in [0.05, 0.1) is 11.5 Å². The van der Waals surface area contributed by atoms with E-state index in [9.17, 15) is 18.3 Å². The summed E-state index contributed by atoms with van der Waals surface area (Å²) in [6, 6.07) is 6.15. The smallest absolute Gasteiger partial charge is 0.305 e. The van der Waals surface area contributed by atoms with Crippen LogP contribution in [0.5, 0.6) is 0 Å². The number of hydrogen-bond acceptors (Lipinski definition) is 6. The fourth-order valence-electron chi connectivity index (χ4n) is 1.28. The summed E-state index contributed by atoms with van der Waals surface area (Å²) in [5.41, 5.74) is 0.926. The zero-order valence-corrected chi connectivity index (χ0v) is 12.2. The van der Waals surface area contributed by atoms with Crippen LogP contribution in [0.15, 0.2) is 29.2 Å². The molecule has 0 spiro atoms. The predicted molar refractivity (Wildman–Crippen MR) is 71.6 cm³/mol. The molecular weight excluding hydrogens is 284 g/mol. The summed E-state index contributed by atoms with van der Waals surface area (Å²) in [6.07, 6.45) is -0.999. The van der Waals surface area contributed by atoms with Gasteiger partial charge in [-0.05, 0) is 19.1 Å². The zero-order chi connectivity index (χ0) is 15.2. The van der Waals surface area contributed by atoms with Gasteiger partial charge in [0.25, 0.3) is 10.1 Å². The Kier molecular flexibility index (Phi) is 6.12. The molecule has 20 heavy (non-hydrogen) atoms. The van der Waals surface area contributed by atoms with E-state index in [1.165, 1.54) is 12.1 Å². The highest BCUT2D eigenvalue weighted by atomic mass is 32.2. The summed E-state index contributed by atoms with van der Waals surface area (Å²) < 4.78 is 33.0. The maximum Gasteiger partial charge on any atom is 0.305 e. The molecule has 1 unspecified atom stereocenters. The van der Waals surface area contributed by atoms with Crippen molar-refractivity contribution in [3.05, 3.63) is 29.8 Å². The van der Waals surface area contributed by atoms with E-state index in [-0.39, 0.29) is 17.9 Å². The van der Waals surface area contributed by atoms with Crippen LogP contribution < -0.4 is 0 Å². The Balaban J connectivity index is 2.51. The molecule has 1 N–H and O–H groups in total. The number of carbonyl (C=O) groups excluding carboxylic acids is 1. The van der Waals surface area contributed by atoms with Gasteiger partial charge in [0.2, 0.25) is 0 Å². The van der Waals surface area contributed by atoms with Gasteiger partial charge in [0.15, 0.2) is 0 Å². The first-order valence-corrected chi connectivity index (χ1v) is 7.55. The number of rotatable bonds is 7. The van der Waals surface area contributed by atoms with Crippen molar-refractivity contribution in [2.45, 2.75) is 31.3 Å². The molecular formula is C13H18O6S. The van der Waals surface area contributed by atoms with Crippen molar-refractivity contribution in [1.29, 1.82) is 0 Å². The van der Waals surface area contributed by atoms with Crippen molar-refractivity contribution < 1.29 is 27.2 Å². The van der Waals surface area contributed by atoms with E-state index in [0.29, 0.717) is 0 Å². The SMILES string of the molecule is CCC(=O)OCC(O)COS(=O)(=O)c1ccc(C)cc1. The first-order chi connectivity index (χ1) is 9.35. The van der Waals surface area contributed by atoms with Crippen LogP contribution >= 0.6 is 0 Å². The number of aliphatic hydroxyl groups excluding tert-OH is 1. The molecule has 0 aliphatic carbocycles. The third-order valence-corrected chi connectivity index (χ3v) is 3.75. The number of aliphatic hydroxyl groups is 1. The summed E-state index contributed by atoms with van der Waals surface area (Å²) in [5.74, 6) is -0.467. The van der Waals surface area contributed by atoms with Gasteiger partial charge in [-0.25, -0.2) is 0 Å². The standard InChI is InChI=1S/C13H18O6S/c1-3-13(15)18-8-11(14)9-19-20(16,17)12-6-4-10(2)5-7-12/h4-7,11,14H,3,8-9H2,1-2H3. The molecule has 1 rings (SSSR count). The minimum absolute atomic E-state index is 0.0147. The second-order valence-electron chi connectivity index (χ2n) is 4.24. The number of ether oxygens (including phenoxy) is 1. The van der Waals surface area contributed by atoms with Gasteiger partial charge in [-0.3, -0.25) is 8.98 Å². The van der Waals surface area contributed by atoms with Crippen LogP contribution in [0.2, 0.25) is 0 Å². The average Bonchev–Trinajstić information content (AvgIpc) is 2.43. The first-order valence-electron chi connectivity index (χ1n) is 6.15. The van der Waals surface area contributed by atoms with Crippen molar-refractivity contribution in [3.8, 4) is 0 Å². The highest BCUT2D eigenvalue weighted by molar-refractivity contribution is 7.86. The van der Waals surface area contributed by atoms with Crippen LogP contribution in [0.1, 0.15) is 18.9 Å². The van der Waals surface area contributed by atoms with Crippen molar-refractivity contribution in [3.63, 3.8) is 0 Å². The third kappa shape index (κ3) is 5.28. The molecule has 0 amide bonds. The minimum Gasteiger partial charge on any atom is -0.463 e. The fraction of sp³-hybridized carbons (Fsp3) is 0.462. The largest absolute Gasteiger partial charge is 0.463 e. The van der Waals surface area contributed by atoms with Crippen LogP contribution in [0.4, 0.5) is 0 Å². The molecule has 6 nitrogen and oxygen atoms in total. The summed E-state index contributed by atoms with van der Waals surface area (Å²) in [5, 5.41) is 9.48. The van der Waals surface area contributed by atoms with E-state index in [2.05, 4.69) is 4.74 Å². The van der Waals surface area contributed by atoms with Crippen molar-refractivity contribution in [2.75, 3.05) is 13.2 Å². The Labute approximate surface area is 118 Å². The summed E-state index contributed by atoms with van der Waals surface area (Å²) >= 11 is 0. The lowest BCUT2D eigenvalue weighted by Gasteiger charge is -2.11. The molecule has 0 saturated carbocycles. The van der Waals surface area contributed by atoms with E-state index in [1.807, 2.05) is 6.92 Å². The Bertz CT molecular complexity index is 534. The molecule has 0 saturated heterocycles. The average molecular weight is 302 g/mol. The molecule has 0 aliphatic rings. The fourth-order valence-corrected chi connectivity index (χ4v) is 2.22. The van der Waals surface area contributed by atoms with Crippen molar-refractivity contribution in [1.82, 2.24) is 0 Å². The first kappa shape index (κ1) is 16.6. The summed E-state index contributed by atoms with van der Waals surface area (Å²) in [4.78, 5) is 10.9. The van der Waals surface area contributed by atoms with Gasteiger partial charge < -0.3 is 9.84 Å². The molecule has 0 radical (unpaired) electrons. The van der Waals surface area contributed by atoms with Gasteiger partial charge in [-0.2, -0.15) is 8.42 Å². The Hall–Kier alpha value is -1.44. The monoisotopic (exact) mass is 302 g/mol. The number of aryl methyl sites for hydroxylation is 1. The molecule has 112 valence electrons. The maximum atomic E-state index is 11.8. The van der Waals surface area contributed by atoms with E-state index in [4.69, 9.17) is 4.18 Å². The molecule has 7 heteroatoms. The zero-order valence-electron chi connectivity index (χ0n) is 11.4. The number of benzene rings is 1. The predicted octanol–water partition coefficient (Wildman–Crippen LogP) is 1.01. The molecule has 1 aromatic rings. The van der Waals surface area contributed by atoms with Gasteiger partial charge in [-0.1, -0.05) is 24.6 Å². The molecule has 0 heterocycles. The Morgan fingerprint density at radius 2 is 1.85 bits per heavy atom. The quantitative estimate of drug-likeness (QED) is 0.597. The highest BCUT2D eigenvalue weighted by Crippen LogP contribution is 2.13. The Morgan fingerprint density at radius 3 is 2.40 bits per heavy atom. The second kappa shape index (κ2) is 7.37. The van der Waals surface area contributed by atoms with Crippen LogP contribution in [-0.2, 0) is 23.8 Å². The van der Waals surface area contributed by atoms with Crippen LogP contribution in [-0.4, -0.2) is 38.8 Å². The number of esters is 1. The van der Waals surface area contributed by atoms with E-state index in [1.54, 1.807) is 19.1 Å². The van der Waals surface area contributed by atoms with E-state index in [0.717, 1.165) is 5.56 Å². The van der Waals surface area contributed by atoms with Crippen molar-refractivity contribution >= 4 is 16.1 Å². The Morgan fingerprint density at radius 1 is 1.25 bits per heavy atom. The van der Waals surface area contributed by atoms with Crippen LogP contribution in [0.3, 0.4) is 0 Å². The number of carbonyl (C=O) groups is 1. The van der Waals surface area contributed by atoms with Crippen molar-refractivity contribution in [2.24, 2.45) is 0 Å². The van der Waals surface area contributed by atoms with E-state index >= 15 is 0 Å². The van der Waals surface area contributed by atoms with Gasteiger partial charge >= 0.3 is 5.97 Å². The molecule has 0 aliphatic heterocycles. The lowest BCUT2D eigenvalue weighted by atomic mass is 10.2. The highest BCUT2D eigenvalue weighted by Gasteiger charge is 2.18. The molecule has 0 fully saturated rings. The lowest BCUT2D eigenvalue weighted by molar-refractivity contribution is -0.146. The minimum atomic E-state index is -3.92. The molecule has 1 aromatic carbocycles. The molecule has 0 aromatic heterocycles. The summed E-state index contributed by atoms with van der Waals surface area (Å²) in [7, 11) is -3.92. The lowest BCUT2D eigenvalue weighted by Crippen LogP contribution is -2.25. The van der Waals surface area contributed by atoms with Gasteiger partial charge in [0.1, 0.15) is 12.7 Å². The van der Waals surface area contributed by atoms with Gasteiger partial charge in [-0.15, -0.1) is 0 Å². The van der Waals surface area contributed by atoms with Crippen LogP contribution in [0.25, 0.3) is 0 Å². The second-order valence-corrected chi connectivity index (χ2v) is 5.86. The normalized spacial score (nSPS) is 12.9. The summed E-state index contributed by atoms with van der Waals surface area (Å²) in [6.45, 7) is 2.69. The number of hydrogen-bond donors (Lipinski definition) is 1.